The molecule has 0 aromatic heterocycles. The summed E-state index contributed by atoms with van der Waals surface area (Å²) in [5, 5.41) is 0. The average molecular weight is 478 g/mol. The predicted octanol–water partition coefficient (Wildman–Crippen LogP) is -12.4. The van der Waals surface area contributed by atoms with Crippen LogP contribution in [0.15, 0.2) is 0 Å². The Labute approximate surface area is 177 Å². The summed E-state index contributed by atoms with van der Waals surface area (Å²) in [6.45, 7) is 0. The normalized spacial score (nSPS) is 3.05. The molecule has 0 spiro atoms. The van der Waals surface area contributed by atoms with Crippen molar-refractivity contribution in [2.24, 2.45) is 0 Å². The molecular formula is H30AlCsO16S. The van der Waals surface area contributed by atoms with Crippen molar-refractivity contribution in [1.82, 2.24) is 0 Å². The molecule has 0 aliphatic carbocycles. The Morgan fingerprint density at radius 3 is 0.474 bits per heavy atom. The van der Waals surface area contributed by atoms with Crippen molar-refractivity contribution in [2.45, 2.75) is 0 Å². The van der Waals surface area contributed by atoms with E-state index in [0.29, 0.717) is 0 Å². The van der Waals surface area contributed by atoms with Crippen molar-refractivity contribution in [3.8, 4) is 0 Å². The molecule has 0 aliphatic rings. The third-order valence-corrected chi connectivity index (χ3v) is 0. The molecule has 0 unspecified atom stereocenters. The van der Waals surface area contributed by atoms with Gasteiger partial charge in [-0.2, -0.15) is 8.42 Å². The molecule has 0 radical (unpaired) electrons. The molecule has 0 aliphatic heterocycles. The van der Waals surface area contributed by atoms with Crippen molar-refractivity contribution in [1.29, 1.82) is 0 Å². The summed E-state index contributed by atoms with van der Waals surface area (Å²) < 4.78 is 31.6. The zero-order valence-corrected chi connectivity index (χ0v) is 8.94. The maximum absolute atomic E-state index is 8.74. The molecule has 0 amide bonds. The van der Waals surface area contributed by atoms with Gasteiger partial charge in [-0.05, 0) is 0 Å². The fraction of sp³-hybridized carbons (Fsp3) is 0. The zero-order chi connectivity index (χ0) is 4.50. The number of hydrogen-bond acceptors (Lipinski definition) is 2. The molecule has 0 saturated heterocycles. The van der Waals surface area contributed by atoms with Crippen LogP contribution in [-0.2, 0) is 10.4 Å². The first kappa shape index (κ1) is 234. The first-order chi connectivity index (χ1) is 2.00. The van der Waals surface area contributed by atoms with E-state index in [1.807, 2.05) is 0 Å². The van der Waals surface area contributed by atoms with Crippen molar-refractivity contribution in [2.75, 3.05) is 0 Å². The third kappa shape index (κ3) is 1660. The van der Waals surface area contributed by atoms with Crippen LogP contribution in [0.3, 0.4) is 0 Å². The summed E-state index contributed by atoms with van der Waals surface area (Å²) in [7, 11) is -4.67. The Balaban J connectivity index is -0.000000000879. The van der Waals surface area contributed by atoms with E-state index in [9.17, 15) is 0 Å². The van der Waals surface area contributed by atoms with E-state index in [1.54, 1.807) is 0 Å². The van der Waals surface area contributed by atoms with E-state index in [-0.39, 0.29) is 152 Å². The Bertz CT molecular complexity index is 99.9. The molecule has 0 aromatic rings. The van der Waals surface area contributed by atoms with Crippen LogP contribution in [0.25, 0.3) is 0 Å². The van der Waals surface area contributed by atoms with Gasteiger partial charge in [0.2, 0.25) is 0 Å². The molecule has 19 heteroatoms. The Morgan fingerprint density at radius 1 is 0.474 bits per heavy atom. The molecule has 0 atom stereocenters. The van der Waals surface area contributed by atoms with Gasteiger partial charge < -0.3 is 65.7 Å². The monoisotopic (exact) mass is 478 g/mol. The van der Waals surface area contributed by atoms with Crippen molar-refractivity contribution >= 4 is 96.7 Å². The zero-order valence-electron chi connectivity index (χ0n) is 8.12. The fourth-order valence-electron chi connectivity index (χ4n) is 0. The van der Waals surface area contributed by atoms with E-state index < -0.39 is 10.4 Å². The van der Waals surface area contributed by atoms with E-state index in [4.69, 9.17) is 17.5 Å². The van der Waals surface area contributed by atoms with Crippen LogP contribution >= 0.6 is 0 Å². The van der Waals surface area contributed by atoms with E-state index in [2.05, 4.69) is 0 Å². The molecule has 26 N–H and O–H groups in total. The van der Waals surface area contributed by atoms with Crippen molar-refractivity contribution in [3.63, 3.8) is 0 Å². The molecule has 0 fully saturated rings. The van der Waals surface area contributed by atoms with Gasteiger partial charge in [0.05, 0.1) is 0 Å². The molecule has 0 saturated carbocycles. The van der Waals surface area contributed by atoms with E-state index in [0.717, 1.165) is 0 Å². The van der Waals surface area contributed by atoms with Gasteiger partial charge in [0, 0.05) is 0 Å². The quantitative estimate of drug-likeness (QED) is 0.253. The van der Waals surface area contributed by atoms with Gasteiger partial charge in [0.25, 0.3) is 0 Å². The molecular weight excluding hydrogens is 448 g/mol. The number of hydrogen-bond donors (Lipinski definition) is 2. The van der Waals surface area contributed by atoms with Crippen LogP contribution in [0.1, 0.15) is 0 Å². The second kappa shape index (κ2) is 113. The standard InChI is InChI=1S/Al.Cs.H2O4S.12H2O.4H/c;;1-5(2,3)4;;;;;;;;;;;;;;;;/h;;(H2,1,2,3,4);12*1H2;;;;. The molecule has 136 valence electrons. The van der Waals surface area contributed by atoms with Gasteiger partial charge in [0.1, 0.15) is 0 Å². The van der Waals surface area contributed by atoms with Gasteiger partial charge in [-0.1, -0.05) is 0 Å². The van der Waals surface area contributed by atoms with E-state index in [1.165, 1.54) is 0 Å². The van der Waals surface area contributed by atoms with Crippen LogP contribution in [0.5, 0.6) is 0 Å². The minimum atomic E-state index is -4.67. The first-order valence-electron chi connectivity index (χ1n) is 0.698. The van der Waals surface area contributed by atoms with Gasteiger partial charge in [-0.25, -0.2) is 0 Å². The van der Waals surface area contributed by atoms with Crippen molar-refractivity contribution < 1.29 is 83.2 Å². The molecule has 0 rings (SSSR count). The average Bonchev–Trinajstić information content (AvgIpc) is 0.722. The topological polar surface area (TPSA) is 453 Å². The second-order valence-electron chi connectivity index (χ2n) is 0.448. The van der Waals surface area contributed by atoms with Crippen LogP contribution in [0.4, 0.5) is 0 Å². The van der Waals surface area contributed by atoms with Crippen LogP contribution < -0.4 is 0 Å². The molecule has 16 nitrogen and oxygen atoms in total. The first-order valence-corrected chi connectivity index (χ1v) is 2.10. The van der Waals surface area contributed by atoms with Crippen LogP contribution in [0, 0.1) is 0 Å². The summed E-state index contributed by atoms with van der Waals surface area (Å²) in [4.78, 5) is 0. The molecule has 0 aromatic carbocycles. The number of rotatable bonds is 0. The summed E-state index contributed by atoms with van der Waals surface area (Å²) >= 11 is 0. The Morgan fingerprint density at radius 2 is 0.474 bits per heavy atom. The van der Waals surface area contributed by atoms with Gasteiger partial charge >= 0.3 is 79.3 Å². The summed E-state index contributed by atoms with van der Waals surface area (Å²) in [6, 6.07) is 0. The predicted molar refractivity (Wildman–Crippen MR) is 74.6 cm³/mol. The summed E-state index contributed by atoms with van der Waals surface area (Å²) in [5.41, 5.74) is 0. The van der Waals surface area contributed by atoms with Gasteiger partial charge in [-0.3, -0.25) is 9.11 Å². The summed E-state index contributed by atoms with van der Waals surface area (Å²) in [5.74, 6) is 0. The van der Waals surface area contributed by atoms with E-state index >= 15 is 0 Å². The van der Waals surface area contributed by atoms with Crippen LogP contribution in [-0.4, -0.2) is 169 Å². The minimum absolute atomic E-state index is 0. The van der Waals surface area contributed by atoms with Gasteiger partial charge in [-0.15, -0.1) is 0 Å². The molecule has 0 bridgehead atoms. The SMILES string of the molecule is O.O.O.O.O.O.O.O.O.O.O.O.O=S(=O)(O)O.[AlH3].[CsH]. The Hall–Kier alpha value is 1.97. The van der Waals surface area contributed by atoms with Crippen molar-refractivity contribution in [3.05, 3.63) is 0 Å². The van der Waals surface area contributed by atoms with Gasteiger partial charge in [0.15, 0.2) is 17.4 Å². The summed E-state index contributed by atoms with van der Waals surface area (Å²) in [6.07, 6.45) is 0. The maximum atomic E-state index is 8.74. The fourth-order valence-corrected chi connectivity index (χ4v) is 0. The second-order valence-corrected chi connectivity index (χ2v) is 1.34. The van der Waals surface area contributed by atoms with Crippen LogP contribution in [0.2, 0.25) is 0 Å². The molecule has 19 heavy (non-hydrogen) atoms. The third-order valence-electron chi connectivity index (χ3n) is 0. The Kier molecular flexibility index (Phi) is 1400. The molecule has 0 heterocycles.